The summed E-state index contributed by atoms with van der Waals surface area (Å²) in [6, 6.07) is 15.5. The normalized spacial score (nSPS) is 18.8. The summed E-state index contributed by atoms with van der Waals surface area (Å²) in [5.41, 5.74) is 6.78. The quantitative estimate of drug-likeness (QED) is 0.777. The van der Waals surface area contributed by atoms with Gasteiger partial charge in [0, 0.05) is 26.2 Å². The number of hydrogen-bond donors (Lipinski definition) is 2. The fourth-order valence-corrected chi connectivity index (χ4v) is 3.80. The number of aliphatic hydroxyl groups excluding tert-OH is 1. The lowest BCUT2D eigenvalue weighted by Crippen LogP contribution is -2.46. The molecule has 2 aliphatic rings. The Hall–Kier alpha value is -1.68. The van der Waals surface area contributed by atoms with Gasteiger partial charge in [-0.25, -0.2) is 0 Å². The monoisotopic (exact) mass is 294 g/mol. The van der Waals surface area contributed by atoms with Crippen molar-refractivity contribution >= 4 is 0 Å². The number of benzene rings is 2. The Morgan fingerprint density at radius 3 is 2.59 bits per heavy atom. The van der Waals surface area contributed by atoms with Gasteiger partial charge >= 0.3 is 0 Å². The molecule has 4 rings (SSSR count). The Labute approximate surface area is 131 Å². The van der Waals surface area contributed by atoms with E-state index in [0.29, 0.717) is 0 Å². The molecule has 0 amide bonds. The summed E-state index contributed by atoms with van der Waals surface area (Å²) in [6.07, 6.45) is 1.01. The SMILES string of the molecule is OC[C@H](c1ccc2c(c1)Cc1ccccc1-2)N1CCNCC1. The number of nitrogens with one attached hydrogen (secondary N) is 1. The second kappa shape index (κ2) is 5.84. The Bertz CT molecular complexity index is 677. The van der Waals surface area contributed by atoms with Crippen molar-refractivity contribution in [1.29, 1.82) is 0 Å². The first-order valence-corrected chi connectivity index (χ1v) is 8.13. The van der Waals surface area contributed by atoms with E-state index in [4.69, 9.17) is 0 Å². The van der Waals surface area contributed by atoms with Crippen molar-refractivity contribution < 1.29 is 5.11 Å². The van der Waals surface area contributed by atoms with Crippen LogP contribution in [0.3, 0.4) is 0 Å². The fraction of sp³-hybridized carbons (Fsp3) is 0.368. The van der Waals surface area contributed by atoms with E-state index < -0.39 is 0 Å². The molecule has 114 valence electrons. The molecule has 0 spiro atoms. The molecule has 1 aliphatic heterocycles. The predicted octanol–water partition coefficient (Wildman–Crippen LogP) is 2.20. The van der Waals surface area contributed by atoms with Gasteiger partial charge in [0.2, 0.25) is 0 Å². The molecule has 3 nitrogen and oxygen atoms in total. The van der Waals surface area contributed by atoms with E-state index in [9.17, 15) is 5.11 Å². The van der Waals surface area contributed by atoms with Gasteiger partial charge in [0.05, 0.1) is 12.6 Å². The van der Waals surface area contributed by atoms with Crippen LogP contribution in [0.5, 0.6) is 0 Å². The molecule has 0 bridgehead atoms. The second-order valence-electron chi connectivity index (χ2n) is 6.23. The third-order valence-corrected chi connectivity index (χ3v) is 4.97. The zero-order chi connectivity index (χ0) is 14.9. The molecule has 0 unspecified atom stereocenters. The van der Waals surface area contributed by atoms with Crippen LogP contribution in [0.15, 0.2) is 42.5 Å². The highest BCUT2D eigenvalue weighted by molar-refractivity contribution is 5.77. The van der Waals surface area contributed by atoms with Gasteiger partial charge < -0.3 is 10.4 Å². The van der Waals surface area contributed by atoms with Crippen LogP contribution >= 0.6 is 0 Å². The fourth-order valence-electron chi connectivity index (χ4n) is 3.80. The average molecular weight is 294 g/mol. The van der Waals surface area contributed by atoms with E-state index >= 15 is 0 Å². The average Bonchev–Trinajstić information content (AvgIpc) is 2.94. The van der Waals surface area contributed by atoms with E-state index in [1.807, 2.05) is 0 Å². The molecule has 1 aliphatic carbocycles. The third-order valence-electron chi connectivity index (χ3n) is 4.97. The Morgan fingerprint density at radius 2 is 1.77 bits per heavy atom. The number of fused-ring (bicyclic) bond motifs is 3. The first kappa shape index (κ1) is 13.9. The highest BCUT2D eigenvalue weighted by Gasteiger charge is 2.24. The van der Waals surface area contributed by atoms with Gasteiger partial charge in [-0.05, 0) is 34.2 Å². The number of piperazine rings is 1. The molecule has 2 N–H and O–H groups in total. The van der Waals surface area contributed by atoms with Crippen molar-refractivity contribution in [2.75, 3.05) is 32.8 Å². The van der Waals surface area contributed by atoms with E-state index in [0.717, 1.165) is 32.6 Å². The maximum absolute atomic E-state index is 9.89. The van der Waals surface area contributed by atoms with Crippen LogP contribution in [0.4, 0.5) is 0 Å². The Morgan fingerprint density at radius 1 is 1.00 bits per heavy atom. The van der Waals surface area contributed by atoms with Gasteiger partial charge in [-0.1, -0.05) is 42.5 Å². The molecule has 22 heavy (non-hydrogen) atoms. The molecule has 2 aromatic carbocycles. The predicted molar refractivity (Wildman–Crippen MR) is 89.0 cm³/mol. The van der Waals surface area contributed by atoms with E-state index in [2.05, 4.69) is 52.7 Å². The van der Waals surface area contributed by atoms with Crippen molar-refractivity contribution in [3.8, 4) is 11.1 Å². The van der Waals surface area contributed by atoms with Gasteiger partial charge in [-0.15, -0.1) is 0 Å². The molecule has 1 fully saturated rings. The van der Waals surface area contributed by atoms with E-state index in [-0.39, 0.29) is 12.6 Å². The summed E-state index contributed by atoms with van der Waals surface area (Å²) in [6.45, 7) is 4.20. The summed E-state index contributed by atoms with van der Waals surface area (Å²) in [5, 5.41) is 13.3. The molecule has 1 saturated heterocycles. The van der Waals surface area contributed by atoms with Crippen LogP contribution in [0.2, 0.25) is 0 Å². The zero-order valence-corrected chi connectivity index (χ0v) is 12.8. The highest BCUT2D eigenvalue weighted by Crippen LogP contribution is 2.38. The van der Waals surface area contributed by atoms with Crippen molar-refractivity contribution in [2.24, 2.45) is 0 Å². The zero-order valence-electron chi connectivity index (χ0n) is 12.8. The van der Waals surface area contributed by atoms with Gasteiger partial charge in [0.15, 0.2) is 0 Å². The number of aliphatic hydroxyl groups is 1. The van der Waals surface area contributed by atoms with Crippen LogP contribution in [0, 0.1) is 0 Å². The largest absolute Gasteiger partial charge is 0.394 e. The minimum absolute atomic E-state index is 0.121. The Balaban J connectivity index is 1.65. The maximum Gasteiger partial charge on any atom is 0.0628 e. The summed E-state index contributed by atoms with van der Waals surface area (Å²) in [4.78, 5) is 2.39. The van der Waals surface area contributed by atoms with Crippen molar-refractivity contribution in [3.05, 3.63) is 59.2 Å². The van der Waals surface area contributed by atoms with Crippen molar-refractivity contribution in [1.82, 2.24) is 10.2 Å². The lowest BCUT2D eigenvalue weighted by molar-refractivity contribution is 0.111. The maximum atomic E-state index is 9.89. The molecule has 3 heteroatoms. The van der Waals surface area contributed by atoms with E-state index in [1.165, 1.54) is 27.8 Å². The summed E-state index contributed by atoms with van der Waals surface area (Å²) in [7, 11) is 0. The number of hydrogen-bond acceptors (Lipinski definition) is 3. The van der Waals surface area contributed by atoms with Gasteiger partial charge in [-0.2, -0.15) is 0 Å². The highest BCUT2D eigenvalue weighted by atomic mass is 16.3. The van der Waals surface area contributed by atoms with Crippen LogP contribution in [0.1, 0.15) is 22.7 Å². The minimum atomic E-state index is 0.121. The smallest absolute Gasteiger partial charge is 0.0628 e. The summed E-state index contributed by atoms with van der Waals surface area (Å²) in [5.74, 6) is 0. The molecule has 0 aromatic heterocycles. The topological polar surface area (TPSA) is 35.5 Å². The molecule has 1 atom stereocenters. The second-order valence-corrected chi connectivity index (χ2v) is 6.23. The van der Waals surface area contributed by atoms with E-state index in [1.54, 1.807) is 0 Å². The molecule has 0 radical (unpaired) electrons. The minimum Gasteiger partial charge on any atom is -0.394 e. The van der Waals surface area contributed by atoms with Gasteiger partial charge in [0.25, 0.3) is 0 Å². The van der Waals surface area contributed by atoms with Crippen LogP contribution in [-0.4, -0.2) is 42.8 Å². The number of nitrogens with zero attached hydrogens (tertiary/aromatic N) is 1. The standard InChI is InChI=1S/C19H22N2O/c22-13-19(21-9-7-20-8-10-21)15-5-6-18-16(12-15)11-14-3-1-2-4-17(14)18/h1-6,12,19-20,22H,7-11,13H2/t19-/m1/s1. The van der Waals surface area contributed by atoms with Crippen LogP contribution in [-0.2, 0) is 6.42 Å². The summed E-state index contributed by atoms with van der Waals surface area (Å²) >= 11 is 0. The van der Waals surface area contributed by atoms with Gasteiger partial charge in [0.1, 0.15) is 0 Å². The first-order chi connectivity index (χ1) is 10.9. The number of rotatable bonds is 3. The molecular formula is C19H22N2O. The van der Waals surface area contributed by atoms with Crippen molar-refractivity contribution in [2.45, 2.75) is 12.5 Å². The molecular weight excluding hydrogens is 272 g/mol. The van der Waals surface area contributed by atoms with Crippen molar-refractivity contribution in [3.63, 3.8) is 0 Å². The lowest BCUT2D eigenvalue weighted by Gasteiger charge is -2.34. The van der Waals surface area contributed by atoms with Gasteiger partial charge in [-0.3, -0.25) is 4.90 Å². The van der Waals surface area contributed by atoms with Crippen LogP contribution < -0.4 is 5.32 Å². The summed E-state index contributed by atoms with van der Waals surface area (Å²) < 4.78 is 0. The first-order valence-electron chi connectivity index (χ1n) is 8.13. The lowest BCUT2D eigenvalue weighted by atomic mass is 9.98. The molecule has 0 saturated carbocycles. The Kier molecular flexibility index (Phi) is 3.70. The third kappa shape index (κ3) is 2.35. The molecule has 2 aromatic rings. The van der Waals surface area contributed by atoms with Crippen LogP contribution in [0.25, 0.3) is 11.1 Å². The molecule has 1 heterocycles.